The number of anilines is 2. The summed E-state index contributed by atoms with van der Waals surface area (Å²) in [6, 6.07) is 4.78. The highest BCUT2D eigenvalue weighted by atomic mass is 19.1. The van der Waals surface area contributed by atoms with Gasteiger partial charge in [0.25, 0.3) is 0 Å². The summed E-state index contributed by atoms with van der Waals surface area (Å²) in [5, 5.41) is 9.24. The van der Waals surface area contributed by atoms with E-state index in [1.807, 2.05) is 16.7 Å². The molecule has 3 heterocycles. The molecule has 2 aliphatic heterocycles. The number of nitrogens with zero attached hydrogens (tertiary/aromatic N) is 4. The first-order chi connectivity index (χ1) is 16.4. The zero-order valence-electron chi connectivity index (χ0n) is 20.0. The van der Waals surface area contributed by atoms with Gasteiger partial charge in [-0.25, -0.2) is 14.4 Å². The van der Waals surface area contributed by atoms with Gasteiger partial charge in [0.1, 0.15) is 23.5 Å². The molecule has 0 amide bonds. The number of halogens is 1. The molecular weight excluding hydrogens is 439 g/mol. The van der Waals surface area contributed by atoms with Crippen LogP contribution in [0.1, 0.15) is 40.0 Å². The molecule has 34 heavy (non-hydrogen) atoms. The minimum atomic E-state index is -0.804. The zero-order chi connectivity index (χ0) is 24.2. The smallest absolute Gasteiger partial charge is 0.305 e. The maximum atomic E-state index is 14.5. The average molecular weight is 473 g/mol. The summed E-state index contributed by atoms with van der Waals surface area (Å²) in [4.78, 5) is 24.3. The number of carboxylic acid groups (broad SMARTS) is 1. The second kappa shape index (κ2) is 10.4. The van der Waals surface area contributed by atoms with Gasteiger partial charge in [0.15, 0.2) is 0 Å². The van der Waals surface area contributed by atoms with E-state index in [0.717, 1.165) is 19.4 Å². The third-order valence-electron chi connectivity index (χ3n) is 6.84. The highest BCUT2D eigenvalue weighted by molar-refractivity contribution is 5.68. The maximum Gasteiger partial charge on any atom is 0.305 e. The van der Waals surface area contributed by atoms with Crippen LogP contribution < -0.4 is 19.3 Å². The number of benzene rings is 1. The van der Waals surface area contributed by atoms with Crippen molar-refractivity contribution in [3.63, 3.8) is 0 Å². The topological polar surface area (TPSA) is 88.0 Å². The Morgan fingerprint density at radius 2 is 2.00 bits per heavy atom. The molecule has 0 bridgehead atoms. The number of hydrogen-bond acceptors (Lipinski definition) is 7. The van der Waals surface area contributed by atoms with Crippen LogP contribution >= 0.6 is 0 Å². The monoisotopic (exact) mass is 472 g/mol. The highest BCUT2D eigenvalue weighted by Gasteiger charge is 2.34. The van der Waals surface area contributed by atoms with Crippen LogP contribution in [0.25, 0.3) is 0 Å². The van der Waals surface area contributed by atoms with Crippen molar-refractivity contribution in [2.24, 2.45) is 11.8 Å². The first-order valence-corrected chi connectivity index (χ1v) is 12.0. The Balaban J connectivity index is 1.37. The first-order valence-electron chi connectivity index (χ1n) is 12.0. The molecule has 9 heteroatoms. The predicted molar refractivity (Wildman–Crippen MR) is 127 cm³/mol. The van der Waals surface area contributed by atoms with Gasteiger partial charge in [-0.3, -0.25) is 4.79 Å². The lowest BCUT2D eigenvalue weighted by molar-refractivity contribution is -0.137. The molecule has 2 aliphatic rings. The normalized spacial score (nSPS) is 24.8. The summed E-state index contributed by atoms with van der Waals surface area (Å²) in [7, 11) is 0. The van der Waals surface area contributed by atoms with E-state index in [1.165, 1.54) is 6.07 Å². The molecule has 2 fully saturated rings. The number of carboxylic acids is 1. The standard InChI is InChI=1S/C25H33FN4O4/c1-4-33-18-5-6-19(26)21(11-18)29-9-8-22(17(3)15-29)34-24-14-27-23(13-28-24)30-10-7-16(2)20(30)12-25(31)32/h5-6,11,13-14,16-17,20,22H,4,7-10,12,15H2,1-3H3,(H,31,32)/t16-,17-,20+,22-/m1/s1. The molecule has 2 saturated heterocycles. The van der Waals surface area contributed by atoms with Crippen molar-refractivity contribution >= 4 is 17.5 Å². The van der Waals surface area contributed by atoms with E-state index >= 15 is 0 Å². The van der Waals surface area contributed by atoms with E-state index in [9.17, 15) is 14.3 Å². The van der Waals surface area contributed by atoms with E-state index in [0.29, 0.717) is 48.7 Å². The molecule has 0 saturated carbocycles. The van der Waals surface area contributed by atoms with Gasteiger partial charge in [-0.1, -0.05) is 13.8 Å². The number of hydrogen-bond donors (Lipinski definition) is 1. The minimum Gasteiger partial charge on any atom is -0.494 e. The fraction of sp³-hybridized carbons (Fsp3) is 0.560. The van der Waals surface area contributed by atoms with Gasteiger partial charge in [0.05, 0.1) is 31.1 Å². The van der Waals surface area contributed by atoms with Crippen LogP contribution in [-0.4, -0.2) is 59.4 Å². The molecule has 1 N–H and O–H groups in total. The molecule has 184 valence electrons. The molecule has 4 rings (SSSR count). The zero-order valence-corrected chi connectivity index (χ0v) is 20.0. The third kappa shape index (κ3) is 5.34. The van der Waals surface area contributed by atoms with E-state index in [4.69, 9.17) is 9.47 Å². The van der Waals surface area contributed by atoms with Crippen molar-refractivity contribution in [2.45, 2.75) is 52.2 Å². The lowest BCUT2D eigenvalue weighted by atomic mass is 9.96. The van der Waals surface area contributed by atoms with Crippen molar-refractivity contribution in [3.8, 4) is 11.6 Å². The summed E-state index contributed by atoms with van der Waals surface area (Å²) in [6.07, 6.45) is 4.97. The first kappa shape index (κ1) is 24.0. The number of rotatable bonds is 8. The summed E-state index contributed by atoms with van der Waals surface area (Å²) < 4.78 is 26.1. The summed E-state index contributed by atoms with van der Waals surface area (Å²) >= 11 is 0. The number of aromatic nitrogens is 2. The number of ether oxygens (including phenoxy) is 2. The Labute approximate surface area is 199 Å². The van der Waals surface area contributed by atoms with Crippen molar-refractivity contribution in [2.75, 3.05) is 36.0 Å². The van der Waals surface area contributed by atoms with Crippen LogP contribution in [-0.2, 0) is 4.79 Å². The molecule has 2 aromatic rings. The Morgan fingerprint density at radius 1 is 1.18 bits per heavy atom. The van der Waals surface area contributed by atoms with E-state index in [1.54, 1.807) is 24.5 Å². The van der Waals surface area contributed by atoms with E-state index in [2.05, 4.69) is 23.8 Å². The van der Waals surface area contributed by atoms with E-state index in [-0.39, 0.29) is 30.3 Å². The molecule has 4 atom stereocenters. The second-order valence-corrected chi connectivity index (χ2v) is 9.25. The Hall–Kier alpha value is -3.10. The van der Waals surface area contributed by atoms with Crippen LogP contribution in [0, 0.1) is 17.7 Å². The number of carbonyl (C=O) groups is 1. The summed E-state index contributed by atoms with van der Waals surface area (Å²) in [5.74, 6) is 1.17. The molecule has 1 aromatic carbocycles. The Kier molecular flexibility index (Phi) is 7.38. The van der Waals surface area contributed by atoms with Crippen molar-refractivity contribution < 1.29 is 23.8 Å². The van der Waals surface area contributed by atoms with Gasteiger partial charge in [-0.2, -0.15) is 0 Å². The summed E-state index contributed by atoms with van der Waals surface area (Å²) in [5.41, 5.74) is 0.552. The fourth-order valence-electron chi connectivity index (χ4n) is 4.97. The van der Waals surface area contributed by atoms with E-state index < -0.39 is 5.97 Å². The van der Waals surface area contributed by atoms with Crippen molar-refractivity contribution in [1.29, 1.82) is 0 Å². The molecule has 0 aliphatic carbocycles. The molecule has 0 unspecified atom stereocenters. The van der Waals surface area contributed by atoms with Crippen LogP contribution in [0.5, 0.6) is 11.6 Å². The van der Waals surface area contributed by atoms with Crippen molar-refractivity contribution in [3.05, 3.63) is 36.4 Å². The molecule has 0 radical (unpaired) electrons. The molecule has 1 aromatic heterocycles. The van der Waals surface area contributed by atoms with Crippen LogP contribution in [0.2, 0.25) is 0 Å². The lowest BCUT2D eigenvalue weighted by Crippen LogP contribution is -2.44. The summed E-state index contributed by atoms with van der Waals surface area (Å²) in [6.45, 7) is 8.69. The predicted octanol–water partition coefficient (Wildman–Crippen LogP) is 4.00. The van der Waals surface area contributed by atoms with Gasteiger partial charge in [-0.15, -0.1) is 0 Å². The largest absolute Gasteiger partial charge is 0.494 e. The number of piperidine rings is 1. The van der Waals surface area contributed by atoms with Crippen LogP contribution in [0.3, 0.4) is 0 Å². The molecule has 0 spiro atoms. The van der Waals surface area contributed by atoms with Crippen LogP contribution in [0.15, 0.2) is 30.6 Å². The minimum absolute atomic E-state index is 0.0545. The van der Waals surface area contributed by atoms with Gasteiger partial charge in [0.2, 0.25) is 5.88 Å². The van der Waals surface area contributed by atoms with Gasteiger partial charge in [-0.05, 0) is 31.4 Å². The van der Waals surface area contributed by atoms with Gasteiger partial charge in [0, 0.05) is 44.1 Å². The average Bonchev–Trinajstić information content (AvgIpc) is 3.16. The Morgan fingerprint density at radius 3 is 2.68 bits per heavy atom. The van der Waals surface area contributed by atoms with Gasteiger partial charge >= 0.3 is 5.97 Å². The lowest BCUT2D eigenvalue weighted by Gasteiger charge is -2.38. The number of aliphatic carboxylic acids is 1. The molecule has 8 nitrogen and oxygen atoms in total. The van der Waals surface area contributed by atoms with Crippen molar-refractivity contribution in [1.82, 2.24) is 9.97 Å². The van der Waals surface area contributed by atoms with Crippen LogP contribution in [0.4, 0.5) is 15.9 Å². The van der Waals surface area contributed by atoms with Gasteiger partial charge < -0.3 is 24.4 Å². The SMILES string of the molecule is CCOc1ccc(F)c(N2CC[C@@H](Oc3cnc(N4CC[C@@H](C)[C@@H]4CC(=O)O)cn3)[C@H](C)C2)c1. The quantitative estimate of drug-likeness (QED) is 0.617. The third-order valence-corrected chi connectivity index (χ3v) is 6.84. The fourth-order valence-corrected chi connectivity index (χ4v) is 4.97. The highest BCUT2D eigenvalue weighted by Crippen LogP contribution is 2.32. The molecular formula is C25H33FN4O4. The Bertz CT molecular complexity index is 989. The second-order valence-electron chi connectivity index (χ2n) is 9.25. The maximum absolute atomic E-state index is 14.5.